The summed E-state index contributed by atoms with van der Waals surface area (Å²) < 4.78 is 13.0. The van der Waals surface area contributed by atoms with Crippen LogP contribution >= 0.6 is 0 Å². The summed E-state index contributed by atoms with van der Waals surface area (Å²) in [6, 6.07) is 6.28. The van der Waals surface area contributed by atoms with Crippen molar-refractivity contribution in [1.29, 1.82) is 0 Å². The highest BCUT2D eigenvalue weighted by Crippen LogP contribution is 2.09. The Morgan fingerprint density at radius 2 is 2.44 bits per heavy atom. The quantitative estimate of drug-likeness (QED) is 0.844. The SMILES string of the molecule is CC1CNCCN1CC(=O)Nc1cccc(F)c1. The van der Waals surface area contributed by atoms with Gasteiger partial charge < -0.3 is 10.6 Å². The molecule has 0 saturated carbocycles. The van der Waals surface area contributed by atoms with E-state index in [9.17, 15) is 9.18 Å². The van der Waals surface area contributed by atoms with E-state index in [1.54, 1.807) is 12.1 Å². The fraction of sp³-hybridized carbons (Fsp3) is 0.462. The fourth-order valence-corrected chi connectivity index (χ4v) is 2.07. The van der Waals surface area contributed by atoms with Crippen molar-refractivity contribution in [3.63, 3.8) is 0 Å². The molecule has 1 aromatic carbocycles. The predicted octanol–water partition coefficient (Wildman–Crippen LogP) is 1.06. The van der Waals surface area contributed by atoms with Crippen molar-refractivity contribution in [2.75, 3.05) is 31.5 Å². The van der Waals surface area contributed by atoms with E-state index in [1.165, 1.54) is 12.1 Å². The molecule has 5 heteroatoms. The topological polar surface area (TPSA) is 44.4 Å². The average Bonchev–Trinajstić information content (AvgIpc) is 2.32. The van der Waals surface area contributed by atoms with Gasteiger partial charge in [0.05, 0.1) is 6.54 Å². The van der Waals surface area contributed by atoms with Gasteiger partial charge in [-0.1, -0.05) is 6.07 Å². The van der Waals surface area contributed by atoms with Gasteiger partial charge in [0.25, 0.3) is 0 Å². The van der Waals surface area contributed by atoms with Gasteiger partial charge >= 0.3 is 0 Å². The van der Waals surface area contributed by atoms with E-state index in [0.29, 0.717) is 18.3 Å². The maximum Gasteiger partial charge on any atom is 0.238 e. The van der Waals surface area contributed by atoms with Crippen LogP contribution in [0.2, 0.25) is 0 Å². The molecular formula is C13H18FN3O. The molecule has 1 heterocycles. The molecule has 1 amide bonds. The lowest BCUT2D eigenvalue weighted by Gasteiger charge is -2.33. The van der Waals surface area contributed by atoms with Gasteiger partial charge in [-0.05, 0) is 25.1 Å². The minimum absolute atomic E-state index is 0.102. The lowest BCUT2D eigenvalue weighted by Crippen LogP contribution is -2.51. The number of piperazine rings is 1. The Morgan fingerprint density at radius 3 is 3.17 bits per heavy atom. The first-order chi connectivity index (χ1) is 8.65. The third-order valence-electron chi connectivity index (χ3n) is 3.09. The number of benzene rings is 1. The molecule has 2 N–H and O–H groups in total. The zero-order valence-corrected chi connectivity index (χ0v) is 10.4. The number of carbonyl (C=O) groups is 1. The van der Waals surface area contributed by atoms with Crippen LogP contribution in [0.25, 0.3) is 0 Å². The number of nitrogens with zero attached hydrogens (tertiary/aromatic N) is 1. The Bertz CT molecular complexity index is 424. The number of amides is 1. The Balaban J connectivity index is 1.88. The van der Waals surface area contributed by atoms with E-state index in [2.05, 4.69) is 22.5 Å². The van der Waals surface area contributed by atoms with Gasteiger partial charge in [0, 0.05) is 31.4 Å². The lowest BCUT2D eigenvalue weighted by atomic mass is 10.2. The molecule has 2 rings (SSSR count). The van der Waals surface area contributed by atoms with Crippen LogP contribution in [-0.4, -0.2) is 43.0 Å². The van der Waals surface area contributed by atoms with Crippen molar-refractivity contribution in [1.82, 2.24) is 10.2 Å². The fourth-order valence-electron chi connectivity index (χ4n) is 2.07. The maximum atomic E-state index is 13.0. The van der Waals surface area contributed by atoms with Crippen LogP contribution in [0, 0.1) is 5.82 Å². The molecule has 98 valence electrons. The van der Waals surface area contributed by atoms with Gasteiger partial charge in [-0.2, -0.15) is 0 Å². The minimum Gasteiger partial charge on any atom is -0.325 e. The van der Waals surface area contributed by atoms with E-state index < -0.39 is 0 Å². The number of carbonyl (C=O) groups excluding carboxylic acids is 1. The molecule has 1 aliphatic rings. The molecule has 1 fully saturated rings. The molecule has 1 unspecified atom stereocenters. The summed E-state index contributed by atoms with van der Waals surface area (Å²) in [6.07, 6.45) is 0. The number of nitrogens with one attached hydrogen (secondary N) is 2. The van der Waals surface area contributed by atoms with Crippen molar-refractivity contribution < 1.29 is 9.18 Å². The molecule has 18 heavy (non-hydrogen) atoms. The number of hydrogen-bond acceptors (Lipinski definition) is 3. The second-order valence-corrected chi connectivity index (χ2v) is 4.58. The van der Waals surface area contributed by atoms with Crippen LogP contribution in [-0.2, 0) is 4.79 Å². The highest BCUT2D eigenvalue weighted by Gasteiger charge is 2.20. The van der Waals surface area contributed by atoms with Gasteiger partial charge in [-0.25, -0.2) is 4.39 Å². The summed E-state index contributed by atoms with van der Waals surface area (Å²) in [4.78, 5) is 14.0. The van der Waals surface area contributed by atoms with Gasteiger partial charge in [0.1, 0.15) is 5.82 Å². The van der Waals surface area contributed by atoms with E-state index in [0.717, 1.165) is 19.6 Å². The molecule has 0 aromatic heterocycles. The Kier molecular flexibility index (Phi) is 4.28. The summed E-state index contributed by atoms with van der Waals surface area (Å²) in [7, 11) is 0. The zero-order valence-electron chi connectivity index (χ0n) is 10.4. The van der Waals surface area contributed by atoms with Gasteiger partial charge in [0.2, 0.25) is 5.91 Å². The Morgan fingerprint density at radius 1 is 1.61 bits per heavy atom. The zero-order chi connectivity index (χ0) is 13.0. The highest BCUT2D eigenvalue weighted by molar-refractivity contribution is 5.92. The van der Waals surface area contributed by atoms with Crippen molar-refractivity contribution in [3.8, 4) is 0 Å². The molecule has 0 radical (unpaired) electrons. The monoisotopic (exact) mass is 251 g/mol. The van der Waals surface area contributed by atoms with Crippen LogP contribution < -0.4 is 10.6 Å². The number of anilines is 1. The van der Waals surface area contributed by atoms with E-state index in [4.69, 9.17) is 0 Å². The standard InChI is InChI=1S/C13H18FN3O/c1-10-8-15-5-6-17(10)9-13(18)16-12-4-2-3-11(14)7-12/h2-4,7,10,15H,5-6,8-9H2,1H3,(H,16,18). The normalized spacial score (nSPS) is 20.7. The number of halogens is 1. The van der Waals surface area contributed by atoms with Crippen molar-refractivity contribution in [3.05, 3.63) is 30.1 Å². The molecule has 1 aromatic rings. The third kappa shape index (κ3) is 3.51. The molecule has 0 spiro atoms. The van der Waals surface area contributed by atoms with Crippen LogP contribution in [0.5, 0.6) is 0 Å². The van der Waals surface area contributed by atoms with Crippen LogP contribution in [0.1, 0.15) is 6.92 Å². The van der Waals surface area contributed by atoms with Crippen molar-refractivity contribution in [2.45, 2.75) is 13.0 Å². The van der Waals surface area contributed by atoms with Gasteiger partial charge in [0.15, 0.2) is 0 Å². The van der Waals surface area contributed by atoms with Gasteiger partial charge in [-0.3, -0.25) is 9.69 Å². The van der Waals surface area contributed by atoms with E-state index in [-0.39, 0.29) is 11.7 Å². The van der Waals surface area contributed by atoms with Crippen LogP contribution in [0.3, 0.4) is 0 Å². The first-order valence-corrected chi connectivity index (χ1v) is 6.15. The van der Waals surface area contributed by atoms with E-state index >= 15 is 0 Å². The number of rotatable bonds is 3. The Hall–Kier alpha value is -1.46. The minimum atomic E-state index is -0.344. The third-order valence-corrected chi connectivity index (χ3v) is 3.09. The summed E-state index contributed by atoms with van der Waals surface area (Å²) in [5.41, 5.74) is 0.503. The summed E-state index contributed by atoms with van der Waals surface area (Å²) in [5, 5.41) is 5.98. The summed E-state index contributed by atoms with van der Waals surface area (Å²) in [5.74, 6) is -0.447. The average molecular weight is 251 g/mol. The van der Waals surface area contributed by atoms with Crippen LogP contribution in [0.15, 0.2) is 24.3 Å². The second-order valence-electron chi connectivity index (χ2n) is 4.58. The first kappa shape index (κ1) is 13.0. The molecular weight excluding hydrogens is 233 g/mol. The maximum absolute atomic E-state index is 13.0. The Labute approximate surface area is 106 Å². The molecule has 0 bridgehead atoms. The lowest BCUT2D eigenvalue weighted by molar-refractivity contribution is -0.118. The van der Waals surface area contributed by atoms with E-state index in [1.807, 2.05) is 0 Å². The number of hydrogen-bond donors (Lipinski definition) is 2. The van der Waals surface area contributed by atoms with Crippen LogP contribution in [0.4, 0.5) is 10.1 Å². The smallest absolute Gasteiger partial charge is 0.238 e. The molecule has 1 aliphatic heterocycles. The molecule has 1 saturated heterocycles. The predicted molar refractivity (Wildman–Crippen MR) is 68.9 cm³/mol. The summed E-state index contributed by atoms with van der Waals surface area (Å²) >= 11 is 0. The summed E-state index contributed by atoms with van der Waals surface area (Å²) in [6.45, 7) is 5.09. The largest absolute Gasteiger partial charge is 0.325 e. The second kappa shape index (κ2) is 5.93. The van der Waals surface area contributed by atoms with Crippen molar-refractivity contribution >= 4 is 11.6 Å². The van der Waals surface area contributed by atoms with Crippen molar-refractivity contribution in [2.24, 2.45) is 0 Å². The molecule has 4 nitrogen and oxygen atoms in total. The highest BCUT2D eigenvalue weighted by atomic mass is 19.1. The first-order valence-electron chi connectivity index (χ1n) is 6.15. The molecule has 0 aliphatic carbocycles. The molecule has 1 atom stereocenters. The van der Waals surface area contributed by atoms with Gasteiger partial charge in [-0.15, -0.1) is 0 Å².